The molecule has 0 saturated carbocycles. The molecule has 62 valence electrons. The fourth-order valence-electron chi connectivity index (χ4n) is 1.27. The summed E-state index contributed by atoms with van der Waals surface area (Å²) >= 11 is 0. The van der Waals surface area contributed by atoms with E-state index in [1.807, 2.05) is 13.8 Å². The van der Waals surface area contributed by atoms with Gasteiger partial charge in [0.15, 0.2) is 5.84 Å². The van der Waals surface area contributed by atoms with Gasteiger partial charge in [0, 0.05) is 0 Å². The number of oxime groups is 1. The molecule has 0 fully saturated rings. The molecule has 1 heterocycles. The van der Waals surface area contributed by atoms with Crippen LogP contribution in [0.25, 0.3) is 0 Å². The van der Waals surface area contributed by atoms with Crippen molar-refractivity contribution < 1.29 is 9.63 Å². The average molecular weight is 156 g/mol. The highest BCUT2D eigenvalue weighted by atomic mass is 16.7. The lowest BCUT2D eigenvalue weighted by Gasteiger charge is -2.19. The van der Waals surface area contributed by atoms with Crippen molar-refractivity contribution in [3.63, 3.8) is 0 Å². The second-order valence-corrected chi connectivity index (χ2v) is 2.64. The van der Waals surface area contributed by atoms with E-state index in [0.29, 0.717) is 18.7 Å². The zero-order valence-corrected chi connectivity index (χ0v) is 6.76. The Morgan fingerprint density at radius 3 is 2.27 bits per heavy atom. The number of amidine groups is 1. The second kappa shape index (κ2) is 2.53. The second-order valence-electron chi connectivity index (χ2n) is 2.64. The lowest BCUT2D eigenvalue weighted by atomic mass is 9.82. The molecule has 0 aromatic heterocycles. The van der Waals surface area contributed by atoms with Crippen LogP contribution in [0.15, 0.2) is 5.16 Å². The molecule has 0 bridgehead atoms. The summed E-state index contributed by atoms with van der Waals surface area (Å²) in [6.07, 6.45) is 1.30. The van der Waals surface area contributed by atoms with Crippen molar-refractivity contribution in [1.29, 1.82) is 0 Å². The first-order valence-corrected chi connectivity index (χ1v) is 3.72. The van der Waals surface area contributed by atoms with E-state index in [-0.39, 0.29) is 5.97 Å². The molecule has 4 nitrogen and oxygen atoms in total. The van der Waals surface area contributed by atoms with E-state index in [0.717, 1.165) is 0 Å². The van der Waals surface area contributed by atoms with Gasteiger partial charge in [-0.2, -0.15) is 0 Å². The van der Waals surface area contributed by atoms with E-state index >= 15 is 0 Å². The minimum Gasteiger partial charge on any atom is -0.383 e. The maximum absolute atomic E-state index is 11.2. The summed E-state index contributed by atoms with van der Waals surface area (Å²) < 4.78 is 0. The average Bonchev–Trinajstić information content (AvgIpc) is 2.29. The molecule has 0 saturated heterocycles. The minimum absolute atomic E-state index is 0.313. The van der Waals surface area contributed by atoms with Gasteiger partial charge in [0.2, 0.25) is 0 Å². The Hall–Kier alpha value is -1.06. The van der Waals surface area contributed by atoms with Crippen LogP contribution in [0.3, 0.4) is 0 Å². The number of carbonyl (C=O) groups excluding carboxylic acids is 1. The molecule has 0 amide bonds. The van der Waals surface area contributed by atoms with Gasteiger partial charge in [0.25, 0.3) is 0 Å². The summed E-state index contributed by atoms with van der Waals surface area (Å²) in [6.45, 7) is 3.80. The summed E-state index contributed by atoms with van der Waals surface area (Å²) in [5, 5.41) is 3.46. The van der Waals surface area contributed by atoms with Gasteiger partial charge in [0.05, 0.1) is 0 Å². The largest absolute Gasteiger partial charge is 0.383 e. The van der Waals surface area contributed by atoms with E-state index in [1.165, 1.54) is 0 Å². The first-order valence-electron chi connectivity index (χ1n) is 3.72. The molecule has 0 radical (unpaired) electrons. The number of rotatable bonds is 2. The van der Waals surface area contributed by atoms with Crippen LogP contribution >= 0.6 is 0 Å². The van der Waals surface area contributed by atoms with Crippen molar-refractivity contribution in [2.45, 2.75) is 26.7 Å². The van der Waals surface area contributed by atoms with Crippen molar-refractivity contribution in [1.82, 2.24) is 0 Å². The molecule has 0 unspecified atom stereocenters. The summed E-state index contributed by atoms with van der Waals surface area (Å²) in [5.41, 5.74) is 4.89. The maximum Gasteiger partial charge on any atom is 0.348 e. The smallest absolute Gasteiger partial charge is 0.348 e. The molecule has 1 rings (SSSR count). The Bertz CT molecular complexity index is 206. The predicted octanol–water partition coefficient (Wildman–Crippen LogP) is 0.622. The number of nitrogens with two attached hydrogens (primary N) is 1. The van der Waals surface area contributed by atoms with E-state index in [1.54, 1.807) is 0 Å². The Morgan fingerprint density at radius 2 is 2.09 bits per heavy atom. The van der Waals surface area contributed by atoms with Gasteiger partial charge in [-0.1, -0.05) is 19.0 Å². The Labute approximate surface area is 65.4 Å². The van der Waals surface area contributed by atoms with Gasteiger partial charge in [-0.3, -0.25) is 0 Å². The Balaban J connectivity index is 2.96. The maximum atomic E-state index is 11.2. The molecule has 11 heavy (non-hydrogen) atoms. The third-order valence-corrected chi connectivity index (χ3v) is 2.32. The zero-order chi connectivity index (χ0) is 8.48. The Morgan fingerprint density at radius 1 is 1.55 bits per heavy atom. The highest BCUT2D eigenvalue weighted by molar-refractivity contribution is 6.07. The van der Waals surface area contributed by atoms with E-state index in [4.69, 9.17) is 5.73 Å². The molecule has 0 aromatic carbocycles. The molecular weight excluding hydrogens is 144 g/mol. The Kier molecular flexibility index (Phi) is 1.85. The van der Waals surface area contributed by atoms with Gasteiger partial charge in [-0.15, -0.1) is 0 Å². The molecule has 0 aliphatic carbocycles. The first kappa shape index (κ1) is 8.04. The molecule has 1 aliphatic rings. The minimum atomic E-state index is -0.639. The number of carbonyl (C=O) groups is 1. The molecule has 4 heteroatoms. The predicted molar refractivity (Wildman–Crippen MR) is 40.7 cm³/mol. The van der Waals surface area contributed by atoms with E-state index < -0.39 is 5.41 Å². The van der Waals surface area contributed by atoms with Gasteiger partial charge in [-0.25, -0.2) is 4.79 Å². The molecule has 0 atom stereocenters. The molecule has 1 aliphatic heterocycles. The standard InChI is InChI=1S/C7H12N2O2/c1-3-7(4-2)5(8)9-11-6(7)10/h3-4H2,1-2H3,(H2,8,9). The first-order chi connectivity index (χ1) is 5.17. The van der Waals surface area contributed by atoms with Crippen molar-refractivity contribution in [2.24, 2.45) is 16.3 Å². The van der Waals surface area contributed by atoms with Gasteiger partial charge >= 0.3 is 5.97 Å². The lowest BCUT2D eigenvalue weighted by molar-refractivity contribution is -0.148. The molecule has 2 N–H and O–H groups in total. The highest BCUT2D eigenvalue weighted by Crippen LogP contribution is 2.32. The van der Waals surface area contributed by atoms with Gasteiger partial charge in [0.1, 0.15) is 5.41 Å². The van der Waals surface area contributed by atoms with E-state index in [2.05, 4.69) is 9.99 Å². The summed E-state index contributed by atoms with van der Waals surface area (Å²) in [6, 6.07) is 0. The zero-order valence-electron chi connectivity index (χ0n) is 6.76. The summed E-state index contributed by atoms with van der Waals surface area (Å²) in [4.78, 5) is 15.6. The topological polar surface area (TPSA) is 64.7 Å². The molecule has 0 spiro atoms. The number of nitrogens with zero attached hydrogens (tertiary/aromatic N) is 1. The fraction of sp³-hybridized carbons (Fsp3) is 0.714. The number of hydrogen-bond acceptors (Lipinski definition) is 4. The van der Waals surface area contributed by atoms with Crippen LogP contribution < -0.4 is 5.73 Å². The SMILES string of the molecule is CCC1(CC)C(=O)ON=C1N. The van der Waals surface area contributed by atoms with Crippen molar-refractivity contribution in [3.05, 3.63) is 0 Å². The van der Waals surface area contributed by atoms with Crippen LogP contribution in [0, 0.1) is 5.41 Å². The van der Waals surface area contributed by atoms with Crippen LogP contribution in [0.2, 0.25) is 0 Å². The van der Waals surface area contributed by atoms with Gasteiger partial charge in [-0.05, 0) is 12.8 Å². The third-order valence-electron chi connectivity index (χ3n) is 2.32. The summed E-state index contributed by atoms with van der Waals surface area (Å²) in [5.74, 6) is -0.00694. The highest BCUT2D eigenvalue weighted by Gasteiger charge is 2.45. The monoisotopic (exact) mass is 156 g/mol. The van der Waals surface area contributed by atoms with Gasteiger partial charge < -0.3 is 10.6 Å². The van der Waals surface area contributed by atoms with Crippen LogP contribution in [0.4, 0.5) is 0 Å². The van der Waals surface area contributed by atoms with E-state index in [9.17, 15) is 4.79 Å². The lowest BCUT2D eigenvalue weighted by Crippen LogP contribution is -2.38. The van der Waals surface area contributed by atoms with Crippen LogP contribution in [0.1, 0.15) is 26.7 Å². The third kappa shape index (κ3) is 0.895. The van der Waals surface area contributed by atoms with Crippen LogP contribution in [-0.2, 0) is 9.63 Å². The normalized spacial score (nSPS) is 21.3. The fourth-order valence-corrected chi connectivity index (χ4v) is 1.27. The van der Waals surface area contributed by atoms with Crippen molar-refractivity contribution in [2.75, 3.05) is 0 Å². The van der Waals surface area contributed by atoms with Crippen LogP contribution in [0.5, 0.6) is 0 Å². The number of hydrogen-bond donors (Lipinski definition) is 1. The quantitative estimate of drug-likeness (QED) is 0.596. The molecular formula is C7H12N2O2. The van der Waals surface area contributed by atoms with Crippen molar-refractivity contribution in [3.8, 4) is 0 Å². The molecule has 0 aromatic rings. The van der Waals surface area contributed by atoms with Crippen LogP contribution in [-0.4, -0.2) is 11.8 Å². The summed E-state index contributed by atoms with van der Waals surface area (Å²) in [7, 11) is 0. The van der Waals surface area contributed by atoms with Crippen molar-refractivity contribution >= 4 is 11.8 Å².